The van der Waals surface area contributed by atoms with Crippen LogP contribution in [0.5, 0.6) is 0 Å². The molecule has 5 nitrogen and oxygen atoms in total. The molecule has 0 atom stereocenters. The van der Waals surface area contributed by atoms with Gasteiger partial charge in [0.15, 0.2) is 5.82 Å². The third-order valence-corrected chi connectivity index (χ3v) is 5.53. The number of carbonyl (C=O) groups is 1. The molecule has 0 bridgehead atoms. The van der Waals surface area contributed by atoms with Crippen LogP contribution < -0.4 is 0 Å². The highest BCUT2D eigenvalue weighted by Crippen LogP contribution is 2.34. The highest BCUT2D eigenvalue weighted by atomic mass is 35.5. The summed E-state index contributed by atoms with van der Waals surface area (Å²) in [6.45, 7) is 0.149. The number of alkyl halides is 3. The zero-order valence-corrected chi connectivity index (χ0v) is 14.1. The molecule has 0 aliphatic carbocycles. The molecule has 10 heteroatoms. The maximum Gasteiger partial charge on any atom is 0.451 e. The molecule has 2 aromatic heterocycles. The number of hydrogen-bond acceptors (Lipinski definition) is 4. The van der Waals surface area contributed by atoms with Crippen molar-refractivity contribution in [1.82, 2.24) is 19.7 Å². The Bertz CT molecular complexity index is 981. The van der Waals surface area contributed by atoms with E-state index in [0.29, 0.717) is 10.6 Å². The normalized spacial score (nSPS) is 14.8. The SMILES string of the molecule is O=C(c1csc2c(Cl)cccc12)N1CCn2c(nnc2C(F)(F)F)C1. The van der Waals surface area contributed by atoms with Gasteiger partial charge in [-0.05, 0) is 6.07 Å². The van der Waals surface area contributed by atoms with Crippen LogP contribution in [0, 0.1) is 0 Å². The van der Waals surface area contributed by atoms with Gasteiger partial charge >= 0.3 is 6.18 Å². The Kier molecular flexibility index (Phi) is 3.73. The monoisotopic (exact) mass is 386 g/mol. The maximum atomic E-state index is 12.9. The molecule has 0 unspecified atom stereocenters. The van der Waals surface area contributed by atoms with Gasteiger partial charge in [0.25, 0.3) is 5.91 Å². The van der Waals surface area contributed by atoms with Crippen molar-refractivity contribution < 1.29 is 18.0 Å². The first-order chi connectivity index (χ1) is 11.9. The highest BCUT2D eigenvalue weighted by molar-refractivity contribution is 7.18. The van der Waals surface area contributed by atoms with E-state index >= 15 is 0 Å². The van der Waals surface area contributed by atoms with Gasteiger partial charge in [0, 0.05) is 23.9 Å². The smallest absolute Gasteiger partial charge is 0.329 e. The lowest BCUT2D eigenvalue weighted by Gasteiger charge is -2.28. The number of carbonyl (C=O) groups excluding carboxylic acids is 1. The fourth-order valence-corrected chi connectivity index (χ4v) is 4.16. The summed E-state index contributed by atoms with van der Waals surface area (Å²) in [7, 11) is 0. The third-order valence-electron chi connectivity index (χ3n) is 4.08. The van der Waals surface area contributed by atoms with Crippen molar-refractivity contribution >= 4 is 38.9 Å². The summed E-state index contributed by atoms with van der Waals surface area (Å²) in [4.78, 5) is 14.3. The number of aromatic nitrogens is 3. The van der Waals surface area contributed by atoms with Crippen LogP contribution in [0.3, 0.4) is 0 Å². The minimum atomic E-state index is -4.56. The largest absolute Gasteiger partial charge is 0.451 e. The third kappa shape index (κ3) is 2.67. The van der Waals surface area contributed by atoms with Crippen molar-refractivity contribution in [3.05, 3.63) is 45.8 Å². The summed E-state index contributed by atoms with van der Waals surface area (Å²) in [6, 6.07) is 5.31. The predicted molar refractivity (Wildman–Crippen MR) is 86.6 cm³/mol. The summed E-state index contributed by atoms with van der Waals surface area (Å²) in [5, 5.41) is 9.84. The van der Waals surface area contributed by atoms with Gasteiger partial charge in [-0.3, -0.25) is 4.79 Å². The summed E-state index contributed by atoms with van der Waals surface area (Å²) in [6.07, 6.45) is -4.56. The second kappa shape index (κ2) is 5.70. The molecule has 0 fully saturated rings. The van der Waals surface area contributed by atoms with E-state index in [9.17, 15) is 18.0 Å². The van der Waals surface area contributed by atoms with Gasteiger partial charge in [0.2, 0.25) is 5.82 Å². The number of amides is 1. The van der Waals surface area contributed by atoms with E-state index in [1.165, 1.54) is 16.2 Å². The van der Waals surface area contributed by atoms with E-state index in [2.05, 4.69) is 10.2 Å². The lowest BCUT2D eigenvalue weighted by molar-refractivity contribution is -0.147. The molecule has 1 aliphatic heterocycles. The maximum absolute atomic E-state index is 12.9. The van der Waals surface area contributed by atoms with E-state index in [4.69, 9.17) is 11.6 Å². The quantitative estimate of drug-likeness (QED) is 0.639. The Labute approximate surface area is 148 Å². The van der Waals surface area contributed by atoms with Gasteiger partial charge in [-0.2, -0.15) is 13.2 Å². The van der Waals surface area contributed by atoms with Gasteiger partial charge in [-0.1, -0.05) is 23.7 Å². The minimum Gasteiger partial charge on any atom is -0.329 e. The van der Waals surface area contributed by atoms with Crippen molar-refractivity contribution in [2.45, 2.75) is 19.3 Å². The number of fused-ring (bicyclic) bond motifs is 2. The number of rotatable bonds is 1. The van der Waals surface area contributed by atoms with Gasteiger partial charge in [-0.15, -0.1) is 21.5 Å². The first-order valence-electron chi connectivity index (χ1n) is 7.30. The molecule has 0 radical (unpaired) electrons. The van der Waals surface area contributed by atoms with E-state index in [1.54, 1.807) is 23.6 Å². The van der Waals surface area contributed by atoms with Crippen molar-refractivity contribution in [3.8, 4) is 0 Å². The van der Waals surface area contributed by atoms with Crippen molar-refractivity contribution in [2.75, 3.05) is 6.54 Å². The number of nitrogens with zero attached hydrogens (tertiary/aromatic N) is 4. The van der Waals surface area contributed by atoms with E-state index in [-0.39, 0.29) is 31.4 Å². The predicted octanol–water partition coefficient (Wildman–Crippen LogP) is 3.82. The van der Waals surface area contributed by atoms with Crippen LogP contribution in [-0.4, -0.2) is 32.1 Å². The summed E-state index contributed by atoms with van der Waals surface area (Å²) >= 11 is 7.50. The van der Waals surface area contributed by atoms with E-state index in [1.807, 2.05) is 0 Å². The zero-order valence-electron chi connectivity index (χ0n) is 12.5. The second-order valence-corrected chi connectivity index (χ2v) is 6.87. The van der Waals surface area contributed by atoms with Gasteiger partial charge in [0.1, 0.15) is 0 Å². The molecule has 1 amide bonds. The average molecular weight is 387 g/mol. The highest BCUT2D eigenvalue weighted by Gasteiger charge is 2.40. The molecule has 0 spiro atoms. The fraction of sp³-hybridized carbons (Fsp3) is 0.267. The van der Waals surface area contributed by atoms with E-state index in [0.717, 1.165) is 14.7 Å². The fourth-order valence-electron chi connectivity index (χ4n) is 2.90. The second-order valence-electron chi connectivity index (χ2n) is 5.58. The molecule has 1 aromatic carbocycles. The standard InChI is InChI=1S/C15H10ClF3N4OS/c16-10-3-1-2-8-9(7-25-12(8)10)13(24)22-4-5-23-11(6-22)20-21-14(23)15(17,18)19/h1-3,7H,4-6H2. The van der Waals surface area contributed by atoms with Crippen LogP contribution in [0.4, 0.5) is 13.2 Å². The summed E-state index contributed by atoms with van der Waals surface area (Å²) in [5.41, 5.74) is 0.492. The molecule has 4 rings (SSSR count). The molecule has 1 aliphatic rings. The molecule has 3 heterocycles. The molecular formula is C15H10ClF3N4OS. The topological polar surface area (TPSA) is 51.0 Å². The van der Waals surface area contributed by atoms with Crippen LogP contribution >= 0.6 is 22.9 Å². The Balaban J connectivity index is 1.64. The van der Waals surface area contributed by atoms with Crippen molar-refractivity contribution in [2.24, 2.45) is 0 Å². The van der Waals surface area contributed by atoms with Crippen LogP contribution in [-0.2, 0) is 19.3 Å². The molecule has 3 aromatic rings. The molecule has 25 heavy (non-hydrogen) atoms. The van der Waals surface area contributed by atoms with Crippen molar-refractivity contribution in [1.29, 1.82) is 0 Å². The number of benzene rings is 1. The molecule has 0 saturated heterocycles. The molecule has 0 saturated carbocycles. The van der Waals surface area contributed by atoms with Crippen LogP contribution in [0.1, 0.15) is 22.0 Å². The van der Waals surface area contributed by atoms with Gasteiger partial charge in [0.05, 0.1) is 21.8 Å². The molecule has 0 N–H and O–H groups in total. The van der Waals surface area contributed by atoms with Crippen LogP contribution in [0.2, 0.25) is 5.02 Å². The average Bonchev–Trinajstić information content (AvgIpc) is 3.18. The number of halogens is 4. The van der Waals surface area contributed by atoms with Crippen molar-refractivity contribution in [3.63, 3.8) is 0 Å². The first kappa shape index (κ1) is 16.3. The zero-order chi connectivity index (χ0) is 17.8. The Hall–Kier alpha value is -2.13. The van der Waals surface area contributed by atoms with Crippen LogP contribution in [0.15, 0.2) is 23.6 Å². The Morgan fingerprint density at radius 2 is 2.04 bits per heavy atom. The lowest BCUT2D eigenvalue weighted by atomic mass is 10.1. The minimum absolute atomic E-state index is 0.00570. The van der Waals surface area contributed by atoms with Gasteiger partial charge < -0.3 is 9.47 Å². The number of hydrogen-bond donors (Lipinski definition) is 0. The van der Waals surface area contributed by atoms with Crippen LogP contribution in [0.25, 0.3) is 10.1 Å². The number of thiophene rings is 1. The lowest BCUT2D eigenvalue weighted by Crippen LogP contribution is -2.39. The first-order valence-corrected chi connectivity index (χ1v) is 8.56. The summed E-state index contributed by atoms with van der Waals surface area (Å²) in [5.74, 6) is -1.15. The Morgan fingerprint density at radius 3 is 2.80 bits per heavy atom. The van der Waals surface area contributed by atoms with Gasteiger partial charge in [-0.25, -0.2) is 0 Å². The molecule has 130 valence electrons. The van der Waals surface area contributed by atoms with E-state index < -0.39 is 12.0 Å². The molecular weight excluding hydrogens is 377 g/mol. The summed E-state index contributed by atoms with van der Waals surface area (Å²) < 4.78 is 40.5. The Morgan fingerprint density at radius 1 is 1.24 bits per heavy atom.